The van der Waals surface area contributed by atoms with Crippen molar-refractivity contribution in [2.45, 2.75) is 12.3 Å². The smallest absolute Gasteiger partial charge is 0.430 e. The van der Waals surface area contributed by atoms with Crippen molar-refractivity contribution < 1.29 is 17.9 Å². The van der Waals surface area contributed by atoms with Crippen molar-refractivity contribution in [1.82, 2.24) is 9.97 Å². The summed E-state index contributed by atoms with van der Waals surface area (Å²) in [6, 6.07) is 13.6. The first-order chi connectivity index (χ1) is 11.0. The number of hydrogen-bond acceptors (Lipinski definition) is 4. The van der Waals surface area contributed by atoms with E-state index in [0.29, 0.717) is 0 Å². The van der Waals surface area contributed by atoms with E-state index in [4.69, 9.17) is 4.74 Å². The van der Waals surface area contributed by atoms with Gasteiger partial charge in [-0.2, -0.15) is 13.2 Å². The van der Waals surface area contributed by atoms with Crippen LogP contribution >= 0.6 is 11.3 Å². The lowest BCUT2D eigenvalue weighted by Gasteiger charge is -2.19. The third-order valence-electron chi connectivity index (χ3n) is 3.03. The highest BCUT2D eigenvalue weighted by Gasteiger charge is 2.44. The highest BCUT2D eigenvalue weighted by atomic mass is 32.1. The minimum absolute atomic E-state index is 0.0787. The number of nitrogens with zero attached hydrogens (tertiary/aromatic N) is 2. The van der Waals surface area contributed by atoms with Crippen molar-refractivity contribution >= 4 is 11.3 Å². The zero-order valence-corrected chi connectivity index (χ0v) is 12.5. The van der Waals surface area contributed by atoms with Gasteiger partial charge in [0.15, 0.2) is 0 Å². The van der Waals surface area contributed by atoms with Crippen molar-refractivity contribution in [3.63, 3.8) is 0 Å². The third kappa shape index (κ3) is 3.68. The fraction of sp³-hybridized carbons (Fsp3) is 0.125. The van der Waals surface area contributed by atoms with Crippen LogP contribution in [0.15, 0.2) is 61.1 Å². The molecule has 1 atom stereocenters. The summed E-state index contributed by atoms with van der Waals surface area (Å²) in [4.78, 5) is 8.19. The molecule has 3 aromatic rings. The van der Waals surface area contributed by atoms with Gasteiger partial charge in [0.1, 0.15) is 6.33 Å². The van der Waals surface area contributed by atoms with Crippen molar-refractivity contribution in [1.29, 1.82) is 0 Å². The number of ether oxygens (including phenoxy) is 1. The Labute approximate surface area is 134 Å². The molecule has 1 aromatic carbocycles. The Bertz CT molecular complexity index is 760. The topological polar surface area (TPSA) is 35.0 Å². The van der Waals surface area contributed by atoms with E-state index in [1.54, 1.807) is 6.07 Å². The maximum Gasteiger partial charge on any atom is 0.430 e. The first-order valence-electron chi connectivity index (χ1n) is 6.68. The molecule has 2 aromatic heterocycles. The van der Waals surface area contributed by atoms with Gasteiger partial charge in [0.2, 0.25) is 12.0 Å². The van der Waals surface area contributed by atoms with Gasteiger partial charge in [-0.25, -0.2) is 9.97 Å². The average Bonchev–Trinajstić information content (AvgIpc) is 3.03. The van der Waals surface area contributed by atoms with Gasteiger partial charge in [0.05, 0.1) is 4.88 Å². The molecule has 118 valence electrons. The van der Waals surface area contributed by atoms with Crippen molar-refractivity contribution in [2.24, 2.45) is 0 Å². The molecule has 3 nitrogen and oxygen atoms in total. The van der Waals surface area contributed by atoms with Gasteiger partial charge >= 0.3 is 6.18 Å². The number of halogens is 3. The second-order valence-corrected chi connectivity index (χ2v) is 5.77. The molecule has 0 saturated carbocycles. The van der Waals surface area contributed by atoms with Crippen LogP contribution in [0.2, 0.25) is 0 Å². The molecule has 0 spiro atoms. The van der Waals surface area contributed by atoms with Crippen LogP contribution in [0.25, 0.3) is 10.4 Å². The molecule has 0 bridgehead atoms. The SMILES string of the molecule is FC(F)(F)C(Oc1ccncn1)c1ccc(-c2ccccc2)s1. The Kier molecular flexibility index (Phi) is 4.29. The molecule has 2 heterocycles. The molecule has 1 unspecified atom stereocenters. The molecule has 7 heteroatoms. The van der Waals surface area contributed by atoms with E-state index in [1.807, 2.05) is 30.3 Å². The number of rotatable bonds is 4. The molecular formula is C16H11F3N2OS. The average molecular weight is 336 g/mol. The largest absolute Gasteiger partial charge is 0.459 e. The number of thiophene rings is 1. The van der Waals surface area contributed by atoms with Crippen molar-refractivity contribution in [3.8, 4) is 16.3 Å². The molecule has 0 N–H and O–H groups in total. The van der Waals surface area contributed by atoms with Crippen LogP contribution in [0, 0.1) is 0 Å². The van der Waals surface area contributed by atoms with Crippen LogP contribution in [-0.4, -0.2) is 16.1 Å². The summed E-state index contributed by atoms with van der Waals surface area (Å²) in [5.41, 5.74) is 0.867. The first-order valence-corrected chi connectivity index (χ1v) is 7.50. The molecule has 3 rings (SSSR count). The summed E-state index contributed by atoms with van der Waals surface area (Å²) in [5, 5.41) is 0. The summed E-state index contributed by atoms with van der Waals surface area (Å²) in [6.45, 7) is 0. The third-order valence-corrected chi connectivity index (χ3v) is 4.21. The number of aromatic nitrogens is 2. The van der Waals surface area contributed by atoms with Crippen molar-refractivity contribution in [3.05, 3.63) is 65.9 Å². The molecule has 0 aliphatic heterocycles. The second-order valence-electron chi connectivity index (χ2n) is 4.66. The van der Waals surface area contributed by atoms with Gasteiger partial charge in [-0.3, -0.25) is 0 Å². The molecule has 0 aliphatic rings. The number of hydrogen-bond donors (Lipinski definition) is 0. The standard InChI is InChI=1S/C16H11F3N2OS/c17-16(18,19)15(22-14-8-9-20-10-21-14)13-7-6-12(23-13)11-4-2-1-3-5-11/h1-10,15H. The van der Waals surface area contributed by atoms with E-state index in [1.165, 1.54) is 18.3 Å². The van der Waals surface area contributed by atoms with Crippen LogP contribution in [0.5, 0.6) is 5.88 Å². The Morgan fingerprint density at radius 1 is 1.00 bits per heavy atom. The van der Waals surface area contributed by atoms with Crippen LogP contribution in [0.1, 0.15) is 11.0 Å². The van der Waals surface area contributed by atoms with E-state index in [2.05, 4.69) is 9.97 Å². The summed E-state index contributed by atoms with van der Waals surface area (Å²) < 4.78 is 45.1. The van der Waals surface area contributed by atoms with Gasteiger partial charge in [-0.1, -0.05) is 30.3 Å². The Hall–Kier alpha value is -2.41. The monoisotopic (exact) mass is 336 g/mol. The van der Waals surface area contributed by atoms with Gasteiger partial charge in [0, 0.05) is 17.1 Å². The highest BCUT2D eigenvalue weighted by molar-refractivity contribution is 7.15. The lowest BCUT2D eigenvalue weighted by Crippen LogP contribution is -2.25. The van der Waals surface area contributed by atoms with Crippen molar-refractivity contribution in [2.75, 3.05) is 0 Å². The quantitative estimate of drug-likeness (QED) is 0.680. The van der Waals surface area contributed by atoms with E-state index >= 15 is 0 Å². The van der Waals surface area contributed by atoms with Crippen LogP contribution in [0.4, 0.5) is 13.2 Å². The minimum atomic E-state index is -4.54. The van der Waals surface area contributed by atoms with Gasteiger partial charge in [-0.15, -0.1) is 11.3 Å². The Balaban J connectivity index is 1.91. The lowest BCUT2D eigenvalue weighted by molar-refractivity contribution is -0.197. The lowest BCUT2D eigenvalue weighted by atomic mass is 10.2. The fourth-order valence-corrected chi connectivity index (χ4v) is 3.08. The van der Waals surface area contributed by atoms with Gasteiger partial charge in [0.25, 0.3) is 0 Å². The Morgan fingerprint density at radius 3 is 2.43 bits per heavy atom. The molecular weight excluding hydrogens is 325 g/mol. The summed E-state index contributed by atoms with van der Waals surface area (Å²) in [5.74, 6) is -0.114. The fourth-order valence-electron chi connectivity index (χ4n) is 2.01. The van der Waals surface area contributed by atoms with Crippen LogP contribution in [0.3, 0.4) is 0 Å². The highest BCUT2D eigenvalue weighted by Crippen LogP contribution is 2.41. The van der Waals surface area contributed by atoms with E-state index < -0.39 is 12.3 Å². The minimum Gasteiger partial charge on any atom is -0.459 e. The molecule has 0 radical (unpaired) electrons. The molecule has 0 fully saturated rings. The van der Waals surface area contributed by atoms with E-state index in [-0.39, 0.29) is 10.8 Å². The molecule has 0 saturated heterocycles. The second kappa shape index (κ2) is 6.37. The van der Waals surface area contributed by atoms with E-state index in [9.17, 15) is 13.2 Å². The normalized spacial score (nSPS) is 12.8. The van der Waals surface area contributed by atoms with E-state index in [0.717, 1.165) is 28.1 Å². The summed E-state index contributed by atoms with van der Waals surface area (Å²) >= 11 is 1.05. The summed E-state index contributed by atoms with van der Waals surface area (Å²) in [7, 11) is 0. The molecule has 23 heavy (non-hydrogen) atoms. The molecule has 0 amide bonds. The first kappa shape index (κ1) is 15.5. The van der Waals surface area contributed by atoms with Gasteiger partial charge in [-0.05, 0) is 17.7 Å². The molecule has 0 aliphatic carbocycles. The summed E-state index contributed by atoms with van der Waals surface area (Å²) in [6.07, 6.45) is -4.12. The number of benzene rings is 1. The predicted octanol–water partition coefficient (Wildman–Crippen LogP) is 4.89. The number of alkyl halides is 3. The Morgan fingerprint density at radius 2 is 1.78 bits per heavy atom. The van der Waals surface area contributed by atoms with Crippen LogP contribution < -0.4 is 4.74 Å². The zero-order valence-electron chi connectivity index (χ0n) is 11.7. The maximum atomic E-state index is 13.3. The van der Waals surface area contributed by atoms with Gasteiger partial charge < -0.3 is 4.74 Å². The maximum absolute atomic E-state index is 13.3. The zero-order chi connectivity index (χ0) is 16.3. The van der Waals surface area contributed by atoms with Crippen LogP contribution in [-0.2, 0) is 0 Å². The predicted molar refractivity (Wildman–Crippen MR) is 81.2 cm³/mol.